The van der Waals surface area contributed by atoms with Crippen LogP contribution in [0, 0.1) is 11.8 Å². The van der Waals surface area contributed by atoms with E-state index in [1.165, 1.54) is 19.1 Å². The summed E-state index contributed by atoms with van der Waals surface area (Å²) in [4.78, 5) is 62.7. The summed E-state index contributed by atoms with van der Waals surface area (Å²) in [5.41, 5.74) is -6.65. The molecule has 1 amide bonds. The van der Waals surface area contributed by atoms with Gasteiger partial charge in [-0.3, -0.25) is 24.4 Å². The molecule has 3 fully saturated rings. The lowest BCUT2D eigenvalue weighted by molar-refractivity contribution is -0.322. The van der Waals surface area contributed by atoms with E-state index in [2.05, 4.69) is 36.5 Å². The number of hydrogen-bond acceptors (Lipinski definition) is 17. The lowest BCUT2D eigenvalue weighted by atomic mass is 9.65. The van der Waals surface area contributed by atoms with Gasteiger partial charge in [0.1, 0.15) is 65.7 Å². The molecule has 4 heterocycles. The first-order chi connectivity index (χ1) is 24.0. The molecule has 2 saturated carbocycles. The quantitative estimate of drug-likeness (QED) is 0.130. The number of benzene rings is 1. The topological polar surface area (TPSA) is 326 Å². The van der Waals surface area contributed by atoms with Crippen LogP contribution in [0.25, 0.3) is 0 Å². The van der Waals surface area contributed by atoms with Crippen LogP contribution >= 0.6 is 15.9 Å². The summed E-state index contributed by atoms with van der Waals surface area (Å²) in [5.74, 6) is -5.33. The third-order valence-corrected chi connectivity index (χ3v) is 10.9. The van der Waals surface area contributed by atoms with Crippen LogP contribution in [-0.4, -0.2) is 148 Å². The fraction of sp³-hybridized carbons (Fsp3) is 0.567. The molecule has 1 aromatic carbocycles. The van der Waals surface area contributed by atoms with Crippen LogP contribution < -0.4 is 21.9 Å². The zero-order valence-corrected chi connectivity index (χ0v) is 27.9. The van der Waals surface area contributed by atoms with Crippen molar-refractivity contribution in [3.05, 3.63) is 49.1 Å². The third-order valence-electron chi connectivity index (χ3n) is 10.4. The highest BCUT2D eigenvalue weighted by Gasteiger charge is 2.75. The molecular formula is C30H34BrN5O15. The molecule has 3 aliphatic heterocycles. The molecule has 276 valence electrons. The number of carbonyl (C=O) groups excluding carboxylic acids is 2. The molecule has 0 bridgehead atoms. The highest BCUT2D eigenvalue weighted by atomic mass is 79.9. The summed E-state index contributed by atoms with van der Waals surface area (Å²) in [5, 5.41) is 91.7. The van der Waals surface area contributed by atoms with Crippen molar-refractivity contribution in [1.82, 2.24) is 9.97 Å². The Morgan fingerprint density at radius 3 is 2.35 bits per heavy atom. The predicted octanol–water partition coefficient (Wildman–Crippen LogP) is -4.60. The van der Waals surface area contributed by atoms with E-state index < -0.39 is 114 Å². The van der Waals surface area contributed by atoms with Crippen molar-refractivity contribution in [3.63, 3.8) is 0 Å². The van der Waals surface area contributed by atoms with Gasteiger partial charge in [0.2, 0.25) is 5.91 Å². The normalized spacial score (nSPS) is 41.5. The van der Waals surface area contributed by atoms with E-state index in [-0.39, 0.29) is 35.0 Å². The number of aliphatic imine (C=N–C) groups is 1. The first kappa shape index (κ1) is 35.8. The van der Waals surface area contributed by atoms with Crippen LogP contribution in [0.15, 0.2) is 37.3 Å². The Kier molecular flexibility index (Phi) is 8.78. The standard InChI is InChI=1S/C30H34BrN5O15/c1-29(48)22-8(5-32-23-13(34-22)24(44)36-28(47)35-23)12(30(29)9-3-2-7(31)4-10(9)33-27(30)46)25(45)50-20-17(41)15(39)16(40)18(42)21(20)51-26-19(43)14(38)11(37)6-49-26/h2-4,8,11-12,14-21,26,37-43,48H,5-6H2,1H3,(H,33,46)(H3,32,35,36,44,47)/t8-,11-,12+,14+,15+,16-,17+,18+,19-,20-,21-,26+,29+,30+/m0/s1. The van der Waals surface area contributed by atoms with E-state index in [4.69, 9.17) is 14.2 Å². The predicted molar refractivity (Wildman–Crippen MR) is 172 cm³/mol. The van der Waals surface area contributed by atoms with Gasteiger partial charge in [-0.25, -0.2) is 9.79 Å². The van der Waals surface area contributed by atoms with Crippen LogP contribution in [0.2, 0.25) is 0 Å². The molecule has 0 unspecified atom stereocenters. The lowest BCUT2D eigenvalue weighted by Gasteiger charge is -2.46. The van der Waals surface area contributed by atoms with Crippen molar-refractivity contribution in [3.8, 4) is 0 Å². The number of H-pyrrole nitrogens is 2. The first-order valence-corrected chi connectivity index (χ1v) is 16.6. The number of halogens is 1. The minimum Gasteiger partial charge on any atom is -0.456 e. The monoisotopic (exact) mass is 783 g/mol. The van der Waals surface area contributed by atoms with Crippen molar-refractivity contribution >= 4 is 50.7 Å². The number of aliphatic hydroxyl groups excluding tert-OH is 7. The van der Waals surface area contributed by atoms with Crippen molar-refractivity contribution in [2.45, 2.75) is 79.2 Å². The van der Waals surface area contributed by atoms with Gasteiger partial charge in [0.05, 0.1) is 18.2 Å². The lowest BCUT2D eigenvalue weighted by Crippen LogP contribution is -2.67. The van der Waals surface area contributed by atoms with Crippen LogP contribution in [0.1, 0.15) is 12.5 Å². The van der Waals surface area contributed by atoms with E-state index in [0.717, 1.165) is 0 Å². The molecule has 2 aromatic rings. The van der Waals surface area contributed by atoms with Crippen LogP contribution in [0.5, 0.6) is 0 Å². The highest BCUT2D eigenvalue weighted by Crippen LogP contribution is 2.60. The fourth-order valence-corrected chi connectivity index (χ4v) is 8.32. The van der Waals surface area contributed by atoms with E-state index in [1.807, 2.05) is 4.98 Å². The summed E-state index contributed by atoms with van der Waals surface area (Å²) in [6.45, 7) is 0.365. The molecule has 5 aliphatic rings. The zero-order valence-electron chi connectivity index (χ0n) is 26.3. The highest BCUT2D eigenvalue weighted by molar-refractivity contribution is 9.10. The van der Waals surface area contributed by atoms with Crippen LogP contribution in [-0.2, 0) is 29.2 Å². The minimum atomic E-state index is -2.36. The third kappa shape index (κ3) is 5.22. The van der Waals surface area contributed by atoms with Gasteiger partial charge in [0.25, 0.3) is 5.56 Å². The number of esters is 1. The molecule has 51 heavy (non-hydrogen) atoms. The van der Waals surface area contributed by atoms with Crippen LogP contribution in [0.4, 0.5) is 17.2 Å². The second-order valence-corrected chi connectivity index (χ2v) is 14.2. The van der Waals surface area contributed by atoms with Gasteiger partial charge in [-0.1, -0.05) is 22.0 Å². The molecule has 0 radical (unpaired) electrons. The zero-order chi connectivity index (χ0) is 36.9. The van der Waals surface area contributed by atoms with Gasteiger partial charge in [-0.05, 0) is 24.6 Å². The second kappa shape index (κ2) is 12.5. The van der Waals surface area contributed by atoms with Gasteiger partial charge in [-0.2, -0.15) is 0 Å². The number of aliphatic hydroxyl groups is 8. The van der Waals surface area contributed by atoms with E-state index >= 15 is 0 Å². The number of aromatic nitrogens is 2. The number of nitrogens with one attached hydrogen (secondary N) is 4. The van der Waals surface area contributed by atoms with Gasteiger partial charge in [-0.15, -0.1) is 0 Å². The Bertz CT molecular complexity index is 1920. The molecule has 12 N–H and O–H groups in total. The number of ether oxygens (including phenoxy) is 3. The summed E-state index contributed by atoms with van der Waals surface area (Å²) < 4.78 is 17.2. The molecule has 2 aliphatic carbocycles. The van der Waals surface area contributed by atoms with E-state index in [9.17, 15) is 60.0 Å². The van der Waals surface area contributed by atoms with Gasteiger partial charge < -0.3 is 65.7 Å². The molecular weight excluding hydrogens is 750 g/mol. The Balaban J connectivity index is 1.34. The molecule has 21 heteroatoms. The SMILES string of the molecule is C[C@@]1(O)C2=Nc3c([nH]c(=O)[nH]c3=O)NC[C@H]2[C@H](C(=O)O[C@H]2[C@H](O)[C@H](O)[C@H](O)[C@@H](O)[C@@H]2O[C@H]2OC[C@H](O)[C@@H](O)[C@@H]2O)[C@]12C(=O)Nc1cc(Br)ccc12. The molecule has 7 rings (SSSR count). The smallest absolute Gasteiger partial charge is 0.327 e. The number of carbonyl (C=O) groups is 2. The van der Waals surface area contributed by atoms with Gasteiger partial charge in [0, 0.05) is 22.6 Å². The van der Waals surface area contributed by atoms with Crippen molar-refractivity contribution < 1.29 is 64.7 Å². The van der Waals surface area contributed by atoms with E-state index in [0.29, 0.717) is 4.47 Å². The van der Waals surface area contributed by atoms with Crippen molar-refractivity contribution in [2.75, 3.05) is 23.8 Å². The fourth-order valence-electron chi connectivity index (χ4n) is 7.96. The number of rotatable bonds is 4. The molecule has 20 nitrogen and oxygen atoms in total. The maximum Gasteiger partial charge on any atom is 0.327 e. The summed E-state index contributed by atoms with van der Waals surface area (Å²) in [6.07, 6.45) is -19.5. The average molecular weight is 785 g/mol. The second-order valence-electron chi connectivity index (χ2n) is 13.3. The van der Waals surface area contributed by atoms with Crippen molar-refractivity contribution in [1.29, 1.82) is 0 Å². The maximum atomic E-state index is 14.7. The minimum absolute atomic E-state index is 0.132. The largest absolute Gasteiger partial charge is 0.456 e. The Labute approximate surface area is 293 Å². The van der Waals surface area contributed by atoms with Gasteiger partial charge >= 0.3 is 11.7 Å². The number of anilines is 2. The Morgan fingerprint density at radius 2 is 1.65 bits per heavy atom. The average Bonchev–Trinajstić information content (AvgIpc) is 3.35. The molecule has 1 saturated heterocycles. The number of nitrogens with zero attached hydrogens (tertiary/aromatic N) is 1. The molecule has 1 spiro atoms. The Hall–Kier alpha value is -3.61. The number of fused-ring (bicyclic) bond motifs is 4. The summed E-state index contributed by atoms with van der Waals surface area (Å²) in [7, 11) is 0. The van der Waals surface area contributed by atoms with Crippen LogP contribution in [0.3, 0.4) is 0 Å². The number of aromatic amines is 2. The summed E-state index contributed by atoms with van der Waals surface area (Å²) in [6, 6.07) is 4.57. The number of hydrogen-bond donors (Lipinski definition) is 12. The number of amides is 1. The van der Waals surface area contributed by atoms with E-state index in [1.54, 1.807) is 6.07 Å². The molecule has 14 atom stereocenters. The first-order valence-electron chi connectivity index (χ1n) is 15.8. The van der Waals surface area contributed by atoms with Crippen molar-refractivity contribution in [2.24, 2.45) is 16.8 Å². The van der Waals surface area contributed by atoms with Gasteiger partial charge in [0.15, 0.2) is 18.1 Å². The Morgan fingerprint density at radius 1 is 0.961 bits per heavy atom. The molecule has 1 aromatic heterocycles. The summed E-state index contributed by atoms with van der Waals surface area (Å²) >= 11 is 3.33. The maximum absolute atomic E-state index is 14.7.